The number of hydrogen-bond acceptors (Lipinski definition) is 4. The number of likely N-dealkylation sites (N-methyl/N-ethyl adjacent to an activating group) is 1. The molecule has 0 aliphatic carbocycles. The lowest BCUT2D eigenvalue weighted by molar-refractivity contribution is -0.132. The number of carbonyl (C=O) groups is 2. The molecule has 27 heavy (non-hydrogen) atoms. The highest BCUT2D eigenvalue weighted by Crippen LogP contribution is 2.24. The molecule has 2 heterocycles. The number of nitrogens with two attached hydrogens (primary N) is 1. The Morgan fingerprint density at radius 1 is 1.19 bits per heavy atom. The summed E-state index contributed by atoms with van der Waals surface area (Å²) in [5.41, 5.74) is 6.29. The van der Waals surface area contributed by atoms with Gasteiger partial charge in [0.05, 0.1) is 13.1 Å². The lowest BCUT2D eigenvalue weighted by Gasteiger charge is -2.31. The SMILES string of the molecule is CN(Cc1ccc(-c2ccc(Cl)cc2)o1)C(=O)CN1CCC(C(N)=O)CC1. The highest BCUT2D eigenvalue weighted by atomic mass is 35.5. The molecule has 0 atom stereocenters. The number of piperidine rings is 1. The third kappa shape index (κ3) is 5.11. The zero-order chi connectivity index (χ0) is 19.4. The van der Waals surface area contributed by atoms with E-state index in [-0.39, 0.29) is 17.7 Å². The number of rotatable bonds is 6. The Morgan fingerprint density at radius 3 is 2.48 bits per heavy atom. The third-order valence-electron chi connectivity index (χ3n) is 4.96. The molecular weight excluding hydrogens is 366 g/mol. The standard InChI is InChI=1S/C20H24ClN3O3/c1-23(19(25)13-24-10-8-15(9-11-24)20(22)26)12-17-6-7-18(27-17)14-2-4-16(21)5-3-14/h2-7,15H,8-13H2,1H3,(H2,22,26). The monoisotopic (exact) mass is 389 g/mol. The number of halogens is 1. The number of primary amides is 1. The van der Waals surface area contributed by atoms with Crippen LogP contribution in [-0.2, 0) is 16.1 Å². The summed E-state index contributed by atoms with van der Waals surface area (Å²) in [5, 5.41) is 0.677. The minimum Gasteiger partial charge on any atom is -0.459 e. The number of amides is 2. The van der Waals surface area contributed by atoms with Crippen molar-refractivity contribution in [2.45, 2.75) is 19.4 Å². The largest absolute Gasteiger partial charge is 0.459 e. The van der Waals surface area contributed by atoms with E-state index >= 15 is 0 Å². The fraction of sp³-hybridized carbons (Fsp3) is 0.400. The first-order chi connectivity index (χ1) is 12.9. The Labute approximate surface area is 163 Å². The predicted molar refractivity (Wildman–Crippen MR) is 104 cm³/mol. The van der Waals surface area contributed by atoms with Crippen LogP contribution in [0, 0.1) is 5.92 Å². The average molecular weight is 390 g/mol. The molecule has 1 fully saturated rings. The first kappa shape index (κ1) is 19.5. The Bertz CT molecular complexity index is 795. The van der Waals surface area contributed by atoms with E-state index < -0.39 is 0 Å². The Balaban J connectivity index is 1.51. The summed E-state index contributed by atoms with van der Waals surface area (Å²) in [6, 6.07) is 11.2. The van der Waals surface area contributed by atoms with Crippen molar-refractivity contribution in [1.82, 2.24) is 9.80 Å². The van der Waals surface area contributed by atoms with Gasteiger partial charge in [0.15, 0.2) is 0 Å². The first-order valence-corrected chi connectivity index (χ1v) is 9.40. The molecule has 0 saturated carbocycles. The van der Waals surface area contributed by atoms with Gasteiger partial charge in [-0.2, -0.15) is 0 Å². The zero-order valence-corrected chi connectivity index (χ0v) is 16.1. The topological polar surface area (TPSA) is 79.8 Å². The zero-order valence-electron chi connectivity index (χ0n) is 15.4. The molecule has 0 bridgehead atoms. The van der Waals surface area contributed by atoms with Gasteiger partial charge in [-0.1, -0.05) is 11.6 Å². The van der Waals surface area contributed by atoms with Crippen molar-refractivity contribution >= 4 is 23.4 Å². The predicted octanol–water partition coefficient (Wildman–Crippen LogP) is 2.76. The molecule has 1 aromatic carbocycles. The number of nitrogens with zero attached hydrogens (tertiary/aromatic N) is 2. The van der Waals surface area contributed by atoms with E-state index in [9.17, 15) is 9.59 Å². The Hall–Kier alpha value is -2.31. The molecule has 1 aliphatic rings. The maximum atomic E-state index is 12.5. The third-order valence-corrected chi connectivity index (χ3v) is 5.21. The van der Waals surface area contributed by atoms with Gasteiger partial charge in [-0.15, -0.1) is 0 Å². The van der Waals surface area contributed by atoms with Gasteiger partial charge in [0, 0.05) is 23.6 Å². The molecule has 6 nitrogen and oxygen atoms in total. The van der Waals surface area contributed by atoms with Crippen LogP contribution in [0.25, 0.3) is 11.3 Å². The van der Waals surface area contributed by atoms with Crippen LogP contribution in [0.4, 0.5) is 0 Å². The lowest BCUT2D eigenvalue weighted by Crippen LogP contribution is -2.43. The molecule has 0 radical (unpaired) electrons. The summed E-state index contributed by atoms with van der Waals surface area (Å²) < 4.78 is 5.86. The van der Waals surface area contributed by atoms with Crippen molar-refractivity contribution < 1.29 is 14.0 Å². The fourth-order valence-corrected chi connectivity index (χ4v) is 3.37. The van der Waals surface area contributed by atoms with E-state index in [4.69, 9.17) is 21.8 Å². The maximum Gasteiger partial charge on any atom is 0.236 e. The van der Waals surface area contributed by atoms with Crippen molar-refractivity contribution in [3.05, 3.63) is 47.2 Å². The summed E-state index contributed by atoms with van der Waals surface area (Å²) in [4.78, 5) is 27.4. The van der Waals surface area contributed by atoms with Gasteiger partial charge in [0.2, 0.25) is 11.8 Å². The highest BCUT2D eigenvalue weighted by Gasteiger charge is 2.25. The van der Waals surface area contributed by atoms with Crippen molar-refractivity contribution in [3.63, 3.8) is 0 Å². The number of hydrogen-bond donors (Lipinski definition) is 1. The Kier molecular flexibility index (Phi) is 6.19. The number of carbonyl (C=O) groups excluding carboxylic acids is 2. The molecular formula is C20H24ClN3O3. The number of furan rings is 1. The quantitative estimate of drug-likeness (QED) is 0.823. The summed E-state index contributed by atoms with van der Waals surface area (Å²) >= 11 is 5.91. The summed E-state index contributed by atoms with van der Waals surface area (Å²) in [6.07, 6.45) is 1.43. The second-order valence-electron chi connectivity index (χ2n) is 6.98. The molecule has 1 aliphatic heterocycles. The van der Waals surface area contributed by atoms with Crippen LogP contribution < -0.4 is 5.73 Å². The van der Waals surface area contributed by atoms with Crippen LogP contribution in [0.15, 0.2) is 40.8 Å². The molecule has 1 aromatic heterocycles. The highest BCUT2D eigenvalue weighted by molar-refractivity contribution is 6.30. The molecule has 1 saturated heterocycles. The molecule has 0 unspecified atom stereocenters. The minimum atomic E-state index is -0.243. The molecule has 2 N–H and O–H groups in total. The van der Waals surface area contributed by atoms with E-state index in [0.717, 1.165) is 29.9 Å². The van der Waals surface area contributed by atoms with Gasteiger partial charge in [-0.25, -0.2) is 0 Å². The average Bonchev–Trinajstić information content (AvgIpc) is 3.11. The summed E-state index contributed by atoms with van der Waals surface area (Å²) in [5.74, 6) is 1.19. The van der Waals surface area contributed by atoms with E-state index in [1.54, 1.807) is 11.9 Å². The van der Waals surface area contributed by atoms with Gasteiger partial charge < -0.3 is 15.1 Å². The van der Waals surface area contributed by atoms with Crippen molar-refractivity contribution in [2.75, 3.05) is 26.7 Å². The lowest BCUT2D eigenvalue weighted by atomic mass is 9.96. The smallest absolute Gasteiger partial charge is 0.236 e. The van der Waals surface area contributed by atoms with E-state index in [1.807, 2.05) is 36.4 Å². The maximum absolute atomic E-state index is 12.5. The second-order valence-corrected chi connectivity index (χ2v) is 7.41. The second kappa shape index (κ2) is 8.59. The van der Waals surface area contributed by atoms with Gasteiger partial charge in [-0.05, 0) is 62.3 Å². The van der Waals surface area contributed by atoms with E-state index in [1.165, 1.54) is 0 Å². The van der Waals surface area contributed by atoms with Crippen LogP contribution in [0.2, 0.25) is 5.02 Å². The van der Waals surface area contributed by atoms with Crippen LogP contribution in [-0.4, -0.2) is 48.3 Å². The van der Waals surface area contributed by atoms with Gasteiger partial charge in [0.1, 0.15) is 11.5 Å². The Morgan fingerprint density at radius 2 is 1.85 bits per heavy atom. The van der Waals surface area contributed by atoms with Gasteiger partial charge >= 0.3 is 0 Å². The summed E-state index contributed by atoms with van der Waals surface area (Å²) in [7, 11) is 1.77. The van der Waals surface area contributed by atoms with Crippen molar-refractivity contribution in [1.29, 1.82) is 0 Å². The minimum absolute atomic E-state index is 0.0250. The number of benzene rings is 1. The normalized spacial score (nSPS) is 15.6. The van der Waals surface area contributed by atoms with E-state index in [2.05, 4.69) is 4.90 Å². The molecule has 7 heteroatoms. The van der Waals surface area contributed by atoms with Crippen molar-refractivity contribution in [3.8, 4) is 11.3 Å². The molecule has 3 rings (SSSR count). The number of likely N-dealkylation sites (tertiary alicyclic amines) is 1. The van der Waals surface area contributed by atoms with Crippen LogP contribution >= 0.6 is 11.6 Å². The van der Waals surface area contributed by atoms with Crippen LogP contribution in [0.5, 0.6) is 0 Å². The van der Waals surface area contributed by atoms with Crippen LogP contribution in [0.3, 0.4) is 0 Å². The van der Waals surface area contributed by atoms with Gasteiger partial charge in [-0.3, -0.25) is 14.5 Å². The summed E-state index contributed by atoms with van der Waals surface area (Å²) in [6.45, 7) is 2.18. The fourth-order valence-electron chi connectivity index (χ4n) is 3.24. The molecule has 2 amide bonds. The van der Waals surface area contributed by atoms with E-state index in [0.29, 0.717) is 31.2 Å². The first-order valence-electron chi connectivity index (χ1n) is 9.02. The van der Waals surface area contributed by atoms with Gasteiger partial charge in [0.25, 0.3) is 0 Å². The molecule has 0 spiro atoms. The molecule has 2 aromatic rings. The van der Waals surface area contributed by atoms with Crippen molar-refractivity contribution in [2.24, 2.45) is 11.7 Å². The molecule has 144 valence electrons. The van der Waals surface area contributed by atoms with Crippen LogP contribution in [0.1, 0.15) is 18.6 Å².